The van der Waals surface area contributed by atoms with Gasteiger partial charge in [0.15, 0.2) is 5.82 Å². The van der Waals surface area contributed by atoms with Crippen LogP contribution in [0.15, 0.2) is 61.1 Å². The van der Waals surface area contributed by atoms with Crippen LogP contribution in [0.5, 0.6) is 0 Å². The summed E-state index contributed by atoms with van der Waals surface area (Å²) in [4.78, 5) is 19.6. The molecule has 1 saturated heterocycles. The Kier molecular flexibility index (Phi) is 5.48. The number of benzene rings is 1. The Bertz CT molecular complexity index is 920. The van der Waals surface area contributed by atoms with Crippen LogP contribution in [0, 0.1) is 6.92 Å². The topological polar surface area (TPSA) is 63.1 Å². The fourth-order valence-corrected chi connectivity index (χ4v) is 3.75. The van der Waals surface area contributed by atoms with Crippen molar-refractivity contribution in [3.8, 4) is 5.82 Å². The van der Waals surface area contributed by atoms with Crippen LogP contribution < -0.4 is 5.32 Å². The molecular weight excluding hydrogens is 350 g/mol. The van der Waals surface area contributed by atoms with E-state index in [2.05, 4.69) is 51.5 Å². The molecule has 1 aromatic carbocycles. The molecule has 6 nitrogen and oxygen atoms in total. The second kappa shape index (κ2) is 8.35. The largest absolute Gasteiger partial charge is 0.323 e. The Balaban J connectivity index is 1.43. The van der Waals surface area contributed by atoms with E-state index in [0.717, 1.165) is 38.2 Å². The summed E-state index contributed by atoms with van der Waals surface area (Å²) in [6.07, 6.45) is 8.34. The Morgan fingerprint density at radius 2 is 2.14 bits per heavy atom. The van der Waals surface area contributed by atoms with Crippen molar-refractivity contribution < 1.29 is 4.79 Å². The molecule has 3 heterocycles. The van der Waals surface area contributed by atoms with Gasteiger partial charge in [-0.1, -0.05) is 36.2 Å². The first-order valence-electron chi connectivity index (χ1n) is 9.75. The van der Waals surface area contributed by atoms with Crippen LogP contribution in [0.3, 0.4) is 0 Å². The van der Waals surface area contributed by atoms with Gasteiger partial charge in [-0.25, -0.2) is 9.67 Å². The summed E-state index contributed by atoms with van der Waals surface area (Å²) in [6, 6.07) is 14.0. The molecule has 1 N–H and O–H groups in total. The number of piperidine rings is 1. The fraction of sp³-hybridized carbons (Fsp3) is 0.318. The molecule has 1 unspecified atom stereocenters. The molecule has 28 heavy (non-hydrogen) atoms. The monoisotopic (exact) mass is 375 g/mol. The summed E-state index contributed by atoms with van der Waals surface area (Å²) in [5.74, 6) is 0.766. The highest BCUT2D eigenvalue weighted by Crippen LogP contribution is 2.22. The van der Waals surface area contributed by atoms with E-state index in [0.29, 0.717) is 5.69 Å². The zero-order valence-corrected chi connectivity index (χ0v) is 16.1. The molecule has 1 atom stereocenters. The number of rotatable bonds is 5. The van der Waals surface area contributed by atoms with E-state index >= 15 is 0 Å². The van der Waals surface area contributed by atoms with E-state index in [1.54, 1.807) is 17.1 Å². The number of nitrogens with one attached hydrogen (secondary N) is 1. The number of amides is 1. The summed E-state index contributed by atoms with van der Waals surface area (Å²) in [7, 11) is 0. The van der Waals surface area contributed by atoms with Gasteiger partial charge in [0.05, 0.1) is 17.9 Å². The Morgan fingerprint density at radius 1 is 1.21 bits per heavy atom. The summed E-state index contributed by atoms with van der Waals surface area (Å²) in [6.45, 7) is 3.85. The number of carbonyl (C=O) groups is 1. The SMILES string of the molecule is Cc1cccc(CN2CCCCC2C(=O)Nc2ccc(-n3cccn3)nc2)c1. The van der Waals surface area contributed by atoms with Crippen molar-refractivity contribution in [2.75, 3.05) is 11.9 Å². The number of hydrogen-bond donors (Lipinski definition) is 1. The second-order valence-corrected chi connectivity index (χ2v) is 7.32. The molecular formula is C22H25N5O. The molecule has 1 aliphatic heterocycles. The fourth-order valence-electron chi connectivity index (χ4n) is 3.75. The Morgan fingerprint density at radius 3 is 2.89 bits per heavy atom. The second-order valence-electron chi connectivity index (χ2n) is 7.32. The average molecular weight is 375 g/mol. The van der Waals surface area contributed by atoms with Gasteiger partial charge in [0.1, 0.15) is 0 Å². The minimum atomic E-state index is -0.111. The van der Waals surface area contributed by atoms with Crippen LogP contribution in [0.4, 0.5) is 5.69 Å². The average Bonchev–Trinajstić information content (AvgIpc) is 3.24. The lowest BCUT2D eigenvalue weighted by atomic mass is 10.00. The molecule has 0 radical (unpaired) electrons. The molecule has 0 spiro atoms. The molecule has 0 aliphatic carbocycles. The summed E-state index contributed by atoms with van der Waals surface area (Å²) >= 11 is 0. The van der Waals surface area contributed by atoms with Crippen LogP contribution in [-0.4, -0.2) is 38.2 Å². The zero-order valence-electron chi connectivity index (χ0n) is 16.1. The van der Waals surface area contributed by atoms with Gasteiger partial charge in [-0.2, -0.15) is 5.10 Å². The van der Waals surface area contributed by atoms with Gasteiger partial charge in [0.2, 0.25) is 5.91 Å². The first-order valence-corrected chi connectivity index (χ1v) is 9.75. The summed E-state index contributed by atoms with van der Waals surface area (Å²) in [5, 5.41) is 7.21. The number of pyridine rings is 1. The quantitative estimate of drug-likeness (QED) is 0.740. The van der Waals surface area contributed by atoms with E-state index < -0.39 is 0 Å². The van der Waals surface area contributed by atoms with Gasteiger partial charge < -0.3 is 5.32 Å². The highest BCUT2D eigenvalue weighted by Gasteiger charge is 2.28. The van der Waals surface area contributed by atoms with Crippen LogP contribution >= 0.6 is 0 Å². The lowest BCUT2D eigenvalue weighted by Gasteiger charge is -2.34. The third-order valence-electron chi connectivity index (χ3n) is 5.14. The van der Waals surface area contributed by atoms with Gasteiger partial charge in [-0.05, 0) is 50.1 Å². The first-order chi connectivity index (χ1) is 13.7. The maximum Gasteiger partial charge on any atom is 0.241 e. The van der Waals surface area contributed by atoms with E-state index in [9.17, 15) is 4.79 Å². The summed E-state index contributed by atoms with van der Waals surface area (Å²) < 4.78 is 1.69. The molecule has 0 saturated carbocycles. The number of anilines is 1. The van der Waals surface area contributed by atoms with E-state index in [4.69, 9.17) is 0 Å². The van der Waals surface area contributed by atoms with Crippen molar-refractivity contribution in [3.63, 3.8) is 0 Å². The molecule has 4 rings (SSSR count). The molecule has 3 aromatic rings. The first kappa shape index (κ1) is 18.4. The highest BCUT2D eigenvalue weighted by atomic mass is 16.2. The van der Waals surface area contributed by atoms with Crippen LogP contribution in [0.1, 0.15) is 30.4 Å². The maximum atomic E-state index is 13.0. The predicted molar refractivity (Wildman–Crippen MR) is 109 cm³/mol. The molecule has 6 heteroatoms. The lowest BCUT2D eigenvalue weighted by Crippen LogP contribution is -2.46. The zero-order chi connectivity index (χ0) is 19.3. The van der Waals surface area contributed by atoms with Gasteiger partial charge >= 0.3 is 0 Å². The minimum absolute atomic E-state index is 0.0426. The van der Waals surface area contributed by atoms with Crippen LogP contribution in [0.25, 0.3) is 5.82 Å². The van der Waals surface area contributed by atoms with Gasteiger partial charge in [-0.15, -0.1) is 0 Å². The molecule has 1 aliphatic rings. The minimum Gasteiger partial charge on any atom is -0.323 e. The Labute approximate surface area is 165 Å². The summed E-state index contributed by atoms with van der Waals surface area (Å²) in [5.41, 5.74) is 3.21. The van der Waals surface area contributed by atoms with Gasteiger partial charge in [0.25, 0.3) is 0 Å². The standard InChI is InChI=1S/C22H25N5O/c1-17-6-4-7-18(14-17)16-26-12-3-2-8-20(26)22(28)25-19-9-10-21(23-15-19)27-13-5-11-24-27/h4-7,9-11,13-15,20H,2-3,8,12,16H2,1H3,(H,25,28). The van der Waals surface area contributed by atoms with Gasteiger partial charge in [0, 0.05) is 18.9 Å². The molecule has 144 valence electrons. The molecule has 1 amide bonds. The number of nitrogens with zero attached hydrogens (tertiary/aromatic N) is 4. The van der Waals surface area contributed by atoms with Gasteiger partial charge in [-0.3, -0.25) is 9.69 Å². The van der Waals surface area contributed by atoms with E-state index in [1.165, 1.54) is 11.1 Å². The normalized spacial score (nSPS) is 17.4. The van der Waals surface area contributed by atoms with E-state index in [-0.39, 0.29) is 11.9 Å². The predicted octanol–water partition coefficient (Wildman–Crippen LogP) is 3.57. The molecule has 1 fully saturated rings. The van der Waals surface area contributed by atoms with Crippen molar-refractivity contribution in [1.29, 1.82) is 0 Å². The molecule has 0 bridgehead atoms. The highest BCUT2D eigenvalue weighted by molar-refractivity contribution is 5.94. The third kappa shape index (κ3) is 4.28. The Hall–Kier alpha value is -2.99. The van der Waals surface area contributed by atoms with Crippen LogP contribution in [0.2, 0.25) is 0 Å². The van der Waals surface area contributed by atoms with Crippen molar-refractivity contribution in [1.82, 2.24) is 19.7 Å². The smallest absolute Gasteiger partial charge is 0.241 e. The van der Waals surface area contributed by atoms with Crippen molar-refractivity contribution in [2.45, 2.75) is 38.8 Å². The lowest BCUT2D eigenvalue weighted by molar-refractivity contribution is -0.122. The number of aryl methyl sites for hydroxylation is 1. The molecule has 2 aromatic heterocycles. The third-order valence-corrected chi connectivity index (χ3v) is 5.14. The maximum absolute atomic E-state index is 13.0. The van der Waals surface area contributed by atoms with E-state index in [1.807, 2.05) is 24.4 Å². The number of aromatic nitrogens is 3. The van der Waals surface area contributed by atoms with Crippen molar-refractivity contribution in [2.24, 2.45) is 0 Å². The van der Waals surface area contributed by atoms with Crippen molar-refractivity contribution >= 4 is 11.6 Å². The number of carbonyl (C=O) groups excluding carboxylic acids is 1. The number of hydrogen-bond acceptors (Lipinski definition) is 4. The van der Waals surface area contributed by atoms with Crippen molar-refractivity contribution in [3.05, 3.63) is 72.2 Å². The van der Waals surface area contributed by atoms with Crippen LogP contribution in [-0.2, 0) is 11.3 Å². The number of likely N-dealkylation sites (tertiary alicyclic amines) is 1.